The molecule has 0 aromatic heterocycles. The van der Waals surface area contributed by atoms with Crippen LogP contribution in [0.4, 0.5) is 5.69 Å². The number of aliphatic hydroxyl groups is 1. The minimum absolute atomic E-state index is 0.267. The molecule has 1 aliphatic heterocycles. The largest absolute Gasteiger partial charge is 0.375 e. The van der Waals surface area contributed by atoms with E-state index in [0.717, 1.165) is 5.56 Å². The number of benzene rings is 2. The third kappa shape index (κ3) is 2.69. The van der Waals surface area contributed by atoms with E-state index in [1.165, 1.54) is 11.0 Å². The molecule has 1 atom stereocenters. The van der Waals surface area contributed by atoms with E-state index in [2.05, 4.69) is 0 Å². The Labute approximate surface area is 134 Å². The molecule has 3 rings (SSSR count). The van der Waals surface area contributed by atoms with E-state index in [1.54, 1.807) is 37.4 Å². The maximum Gasteiger partial charge on any atom is 0.263 e. The molecule has 4 nitrogen and oxygen atoms in total. The predicted octanol–water partition coefficient (Wildman–Crippen LogP) is 2.52. The first-order chi connectivity index (χ1) is 11.0. The average molecular weight is 307 g/mol. The average Bonchev–Trinajstić information content (AvgIpc) is 2.76. The van der Waals surface area contributed by atoms with Gasteiger partial charge in [-0.1, -0.05) is 54.6 Å². The molecule has 0 bridgehead atoms. The van der Waals surface area contributed by atoms with Crippen LogP contribution in [0, 0.1) is 0 Å². The molecule has 0 fully saturated rings. The van der Waals surface area contributed by atoms with Crippen molar-refractivity contribution < 1.29 is 14.7 Å². The summed E-state index contributed by atoms with van der Waals surface area (Å²) in [6.07, 6.45) is 2.82. The van der Waals surface area contributed by atoms with Gasteiger partial charge in [-0.05, 0) is 17.7 Å². The predicted molar refractivity (Wildman–Crippen MR) is 88.8 cm³/mol. The Bertz CT molecular complexity index is 782. The molecule has 0 aliphatic carbocycles. The van der Waals surface area contributed by atoms with E-state index in [4.69, 9.17) is 0 Å². The monoisotopic (exact) mass is 307 g/mol. The highest BCUT2D eigenvalue weighted by Crippen LogP contribution is 2.41. The number of likely N-dealkylation sites (N-methyl/N-ethyl adjacent to an activating group) is 1. The lowest BCUT2D eigenvalue weighted by atomic mass is 9.90. The van der Waals surface area contributed by atoms with E-state index < -0.39 is 11.5 Å². The zero-order valence-corrected chi connectivity index (χ0v) is 12.8. The number of hydrogen-bond donors (Lipinski definition) is 1. The van der Waals surface area contributed by atoms with Gasteiger partial charge in [0.05, 0.1) is 12.1 Å². The third-order valence-electron chi connectivity index (χ3n) is 4.06. The second-order valence-corrected chi connectivity index (χ2v) is 5.63. The number of anilines is 1. The summed E-state index contributed by atoms with van der Waals surface area (Å²) in [4.78, 5) is 26.0. The van der Waals surface area contributed by atoms with Crippen LogP contribution < -0.4 is 4.90 Å². The second kappa shape index (κ2) is 5.82. The minimum Gasteiger partial charge on any atom is -0.375 e. The van der Waals surface area contributed by atoms with E-state index in [1.807, 2.05) is 30.3 Å². The standard InChI is InChI=1S/C19H17NO3/c1-20-17-10-6-5-9-16(17)19(23,18(20)22)13-15(21)12-11-14-7-3-2-4-8-14/h2-12,23H,13H2,1H3. The number of amides is 1. The van der Waals surface area contributed by atoms with Crippen LogP contribution in [-0.4, -0.2) is 23.8 Å². The second-order valence-electron chi connectivity index (χ2n) is 5.63. The summed E-state index contributed by atoms with van der Waals surface area (Å²) in [5.74, 6) is -0.769. The van der Waals surface area contributed by atoms with Crippen molar-refractivity contribution in [1.29, 1.82) is 0 Å². The summed E-state index contributed by atoms with van der Waals surface area (Å²) >= 11 is 0. The molecule has 2 aromatic carbocycles. The number of nitrogens with zero attached hydrogens (tertiary/aromatic N) is 1. The van der Waals surface area contributed by atoms with Crippen LogP contribution in [0.15, 0.2) is 60.7 Å². The smallest absolute Gasteiger partial charge is 0.263 e. The first-order valence-corrected chi connectivity index (χ1v) is 7.38. The Balaban J connectivity index is 1.83. The molecule has 1 N–H and O–H groups in total. The molecule has 0 radical (unpaired) electrons. The highest BCUT2D eigenvalue weighted by atomic mass is 16.3. The van der Waals surface area contributed by atoms with Crippen LogP contribution >= 0.6 is 0 Å². The third-order valence-corrected chi connectivity index (χ3v) is 4.06. The molecular weight excluding hydrogens is 290 g/mol. The zero-order chi connectivity index (χ0) is 16.4. The number of para-hydroxylation sites is 1. The summed E-state index contributed by atoms with van der Waals surface area (Å²) in [7, 11) is 1.60. The molecule has 1 aliphatic rings. The van der Waals surface area contributed by atoms with Gasteiger partial charge in [-0.15, -0.1) is 0 Å². The number of ketones is 1. The van der Waals surface area contributed by atoms with Crippen molar-refractivity contribution >= 4 is 23.5 Å². The molecule has 1 heterocycles. The van der Waals surface area contributed by atoms with Gasteiger partial charge in [-0.25, -0.2) is 0 Å². The fourth-order valence-electron chi connectivity index (χ4n) is 2.85. The van der Waals surface area contributed by atoms with Gasteiger partial charge >= 0.3 is 0 Å². The van der Waals surface area contributed by atoms with Crippen LogP contribution in [0.3, 0.4) is 0 Å². The van der Waals surface area contributed by atoms with E-state index in [9.17, 15) is 14.7 Å². The molecule has 1 unspecified atom stereocenters. The van der Waals surface area contributed by atoms with Gasteiger partial charge in [0.2, 0.25) is 0 Å². The molecule has 23 heavy (non-hydrogen) atoms. The maximum absolute atomic E-state index is 12.4. The lowest BCUT2D eigenvalue weighted by Gasteiger charge is -2.20. The van der Waals surface area contributed by atoms with Gasteiger partial charge in [-0.2, -0.15) is 0 Å². The minimum atomic E-state index is -1.79. The number of allylic oxidation sites excluding steroid dienone is 1. The lowest BCUT2D eigenvalue weighted by molar-refractivity contribution is -0.140. The Hall–Kier alpha value is -2.72. The van der Waals surface area contributed by atoms with Gasteiger partial charge in [0, 0.05) is 12.6 Å². The van der Waals surface area contributed by atoms with Gasteiger partial charge in [0.1, 0.15) is 0 Å². The normalized spacial score (nSPS) is 20.1. The molecule has 4 heteroatoms. The summed E-state index contributed by atoms with van der Waals surface area (Å²) in [6, 6.07) is 16.4. The highest BCUT2D eigenvalue weighted by Gasteiger charge is 2.49. The maximum atomic E-state index is 12.4. The van der Waals surface area contributed by atoms with Gasteiger partial charge in [0.25, 0.3) is 5.91 Å². The van der Waals surface area contributed by atoms with Crippen molar-refractivity contribution in [1.82, 2.24) is 0 Å². The first-order valence-electron chi connectivity index (χ1n) is 7.38. The highest BCUT2D eigenvalue weighted by molar-refractivity contribution is 6.09. The summed E-state index contributed by atoms with van der Waals surface area (Å²) in [5, 5.41) is 10.8. The Morgan fingerprint density at radius 2 is 1.78 bits per heavy atom. The van der Waals surface area contributed by atoms with E-state index in [0.29, 0.717) is 11.3 Å². The quantitative estimate of drug-likeness (QED) is 0.883. The van der Waals surface area contributed by atoms with E-state index in [-0.39, 0.29) is 12.2 Å². The lowest BCUT2D eigenvalue weighted by Crippen LogP contribution is -2.40. The number of hydrogen-bond acceptors (Lipinski definition) is 3. The van der Waals surface area contributed by atoms with Crippen molar-refractivity contribution in [2.45, 2.75) is 12.0 Å². The van der Waals surface area contributed by atoms with Crippen molar-refractivity contribution in [3.05, 3.63) is 71.8 Å². The topological polar surface area (TPSA) is 57.6 Å². The fourth-order valence-corrected chi connectivity index (χ4v) is 2.85. The van der Waals surface area contributed by atoms with Crippen molar-refractivity contribution in [2.24, 2.45) is 0 Å². The van der Waals surface area contributed by atoms with Crippen LogP contribution in [0.25, 0.3) is 6.08 Å². The molecule has 0 saturated carbocycles. The van der Waals surface area contributed by atoms with Crippen LogP contribution in [-0.2, 0) is 15.2 Å². The SMILES string of the molecule is CN1C(=O)C(O)(CC(=O)C=Cc2ccccc2)c2ccccc21. The van der Waals surface area contributed by atoms with Crippen LogP contribution in [0.1, 0.15) is 17.5 Å². The number of rotatable bonds is 4. The molecule has 2 aromatic rings. The van der Waals surface area contributed by atoms with Crippen LogP contribution in [0.2, 0.25) is 0 Å². The number of carbonyl (C=O) groups is 2. The Morgan fingerprint density at radius 1 is 1.13 bits per heavy atom. The molecule has 0 saturated heterocycles. The van der Waals surface area contributed by atoms with Crippen molar-refractivity contribution in [3.63, 3.8) is 0 Å². The zero-order valence-electron chi connectivity index (χ0n) is 12.8. The number of carbonyl (C=O) groups excluding carboxylic acids is 2. The molecule has 116 valence electrons. The summed E-state index contributed by atoms with van der Waals surface area (Å²) in [5.41, 5.74) is 0.223. The van der Waals surface area contributed by atoms with Crippen molar-refractivity contribution in [2.75, 3.05) is 11.9 Å². The Kier molecular flexibility index (Phi) is 3.84. The molecular formula is C19H17NO3. The summed E-state index contributed by atoms with van der Waals surface area (Å²) < 4.78 is 0. The van der Waals surface area contributed by atoms with Gasteiger partial charge < -0.3 is 10.0 Å². The fraction of sp³-hybridized carbons (Fsp3) is 0.158. The Morgan fingerprint density at radius 3 is 2.52 bits per heavy atom. The number of fused-ring (bicyclic) bond motifs is 1. The van der Waals surface area contributed by atoms with E-state index >= 15 is 0 Å². The van der Waals surface area contributed by atoms with Gasteiger partial charge in [-0.3, -0.25) is 9.59 Å². The van der Waals surface area contributed by atoms with Crippen LogP contribution in [0.5, 0.6) is 0 Å². The van der Waals surface area contributed by atoms with Crippen molar-refractivity contribution in [3.8, 4) is 0 Å². The van der Waals surface area contributed by atoms with Gasteiger partial charge in [0.15, 0.2) is 11.4 Å². The molecule has 0 spiro atoms. The molecule has 1 amide bonds. The first kappa shape index (κ1) is 15.2. The summed E-state index contributed by atoms with van der Waals surface area (Å²) in [6.45, 7) is 0.